The van der Waals surface area contributed by atoms with Gasteiger partial charge in [0.15, 0.2) is 0 Å². The third-order valence-corrected chi connectivity index (χ3v) is 5.67. The largest absolute Gasteiger partial charge is 0.490 e. The molecule has 1 fully saturated rings. The molecule has 1 atom stereocenters. The second kappa shape index (κ2) is 8.18. The Morgan fingerprint density at radius 1 is 1.36 bits per heavy atom. The summed E-state index contributed by atoms with van der Waals surface area (Å²) in [6.45, 7) is 1.84. The van der Waals surface area contributed by atoms with Gasteiger partial charge in [0.2, 0.25) is 10.0 Å². The first-order valence-corrected chi connectivity index (χ1v) is 10.0. The van der Waals surface area contributed by atoms with Crippen LogP contribution >= 0.6 is 11.6 Å². The number of sulfonamides is 1. The standard InChI is InChI=1S/C16H24ClNO3S/c1-13(18-22(19,20)11-5-10-17)14-6-4-9-16(12-14)21-15-7-2-3-8-15/h4,6,9,12-13,15,18H,2-3,5,7-8,10-11H2,1H3. The Bertz CT molecular complexity index is 571. The Labute approximate surface area is 138 Å². The van der Waals surface area contributed by atoms with Gasteiger partial charge in [-0.1, -0.05) is 12.1 Å². The molecule has 124 valence electrons. The van der Waals surface area contributed by atoms with Gasteiger partial charge in [0.25, 0.3) is 0 Å². The average molecular weight is 346 g/mol. The predicted octanol–water partition coefficient (Wildman–Crippen LogP) is 3.62. The van der Waals surface area contributed by atoms with Crippen LogP contribution in [0.4, 0.5) is 0 Å². The van der Waals surface area contributed by atoms with Crippen molar-refractivity contribution in [3.05, 3.63) is 29.8 Å². The van der Waals surface area contributed by atoms with Crippen LogP contribution in [-0.2, 0) is 10.0 Å². The van der Waals surface area contributed by atoms with Gasteiger partial charge < -0.3 is 4.74 Å². The van der Waals surface area contributed by atoms with Gasteiger partial charge in [0.05, 0.1) is 11.9 Å². The first-order valence-electron chi connectivity index (χ1n) is 7.83. The second-order valence-corrected chi connectivity index (χ2v) is 8.05. The fraction of sp³-hybridized carbons (Fsp3) is 0.625. The molecule has 0 saturated heterocycles. The molecule has 1 saturated carbocycles. The molecule has 1 aliphatic carbocycles. The van der Waals surface area contributed by atoms with E-state index in [4.69, 9.17) is 16.3 Å². The number of rotatable bonds is 8. The molecule has 22 heavy (non-hydrogen) atoms. The highest BCUT2D eigenvalue weighted by atomic mass is 35.5. The maximum absolute atomic E-state index is 11.9. The third kappa shape index (κ3) is 5.45. The quantitative estimate of drug-likeness (QED) is 0.732. The lowest BCUT2D eigenvalue weighted by Gasteiger charge is -2.17. The number of alkyl halides is 1. The number of benzene rings is 1. The average Bonchev–Trinajstić information content (AvgIpc) is 2.98. The van der Waals surface area contributed by atoms with E-state index in [9.17, 15) is 8.42 Å². The molecule has 0 bridgehead atoms. The molecule has 0 aromatic heterocycles. The first kappa shape index (κ1) is 17.6. The monoisotopic (exact) mass is 345 g/mol. The topological polar surface area (TPSA) is 55.4 Å². The summed E-state index contributed by atoms with van der Waals surface area (Å²) in [6.07, 6.45) is 5.40. The van der Waals surface area contributed by atoms with Gasteiger partial charge in [-0.25, -0.2) is 13.1 Å². The summed E-state index contributed by atoms with van der Waals surface area (Å²) in [7, 11) is -3.30. The van der Waals surface area contributed by atoms with Crippen molar-refractivity contribution < 1.29 is 13.2 Å². The maximum Gasteiger partial charge on any atom is 0.212 e. The van der Waals surface area contributed by atoms with Crippen LogP contribution in [-0.4, -0.2) is 26.2 Å². The van der Waals surface area contributed by atoms with Crippen LogP contribution in [0.1, 0.15) is 50.6 Å². The molecular weight excluding hydrogens is 322 g/mol. The van der Waals surface area contributed by atoms with Gasteiger partial charge >= 0.3 is 0 Å². The van der Waals surface area contributed by atoms with Crippen LogP contribution in [0.25, 0.3) is 0 Å². The minimum Gasteiger partial charge on any atom is -0.490 e. The van der Waals surface area contributed by atoms with Gasteiger partial charge in [-0.05, 0) is 56.7 Å². The molecule has 0 amide bonds. The molecule has 4 nitrogen and oxygen atoms in total. The Morgan fingerprint density at radius 3 is 2.77 bits per heavy atom. The molecule has 0 heterocycles. The zero-order valence-electron chi connectivity index (χ0n) is 12.9. The van der Waals surface area contributed by atoms with Gasteiger partial charge in [-0.2, -0.15) is 0 Å². The second-order valence-electron chi connectivity index (χ2n) is 5.80. The van der Waals surface area contributed by atoms with Gasteiger partial charge in [0.1, 0.15) is 5.75 Å². The van der Waals surface area contributed by atoms with Crippen molar-refractivity contribution in [2.75, 3.05) is 11.6 Å². The number of hydrogen-bond acceptors (Lipinski definition) is 3. The van der Waals surface area contributed by atoms with Crippen LogP contribution in [0.15, 0.2) is 24.3 Å². The molecule has 0 aliphatic heterocycles. The van der Waals surface area contributed by atoms with E-state index in [1.165, 1.54) is 12.8 Å². The summed E-state index contributed by atoms with van der Waals surface area (Å²) in [4.78, 5) is 0. The lowest BCUT2D eigenvalue weighted by molar-refractivity contribution is 0.210. The summed E-state index contributed by atoms with van der Waals surface area (Å²) in [5.41, 5.74) is 0.907. The summed E-state index contributed by atoms with van der Waals surface area (Å²) < 4.78 is 32.5. The molecule has 0 radical (unpaired) electrons. The number of halogens is 1. The molecule has 1 N–H and O–H groups in total. The Balaban J connectivity index is 1.98. The number of ether oxygens (including phenoxy) is 1. The lowest BCUT2D eigenvalue weighted by atomic mass is 10.1. The van der Waals surface area contributed by atoms with Crippen LogP contribution < -0.4 is 9.46 Å². The van der Waals surface area contributed by atoms with Crippen molar-refractivity contribution in [3.8, 4) is 5.75 Å². The first-order chi connectivity index (χ1) is 10.5. The zero-order valence-corrected chi connectivity index (χ0v) is 14.5. The van der Waals surface area contributed by atoms with E-state index in [0.29, 0.717) is 18.4 Å². The highest BCUT2D eigenvalue weighted by Gasteiger charge is 2.18. The van der Waals surface area contributed by atoms with Crippen LogP contribution in [0.5, 0.6) is 5.75 Å². The molecule has 1 unspecified atom stereocenters. The Morgan fingerprint density at radius 2 is 2.09 bits per heavy atom. The molecule has 0 spiro atoms. The summed E-state index contributed by atoms with van der Waals surface area (Å²) in [6, 6.07) is 7.38. The van der Waals surface area contributed by atoms with E-state index in [2.05, 4.69) is 4.72 Å². The maximum atomic E-state index is 11.9. The fourth-order valence-corrected chi connectivity index (χ4v) is 4.31. The van der Waals surface area contributed by atoms with Crippen molar-refractivity contribution in [3.63, 3.8) is 0 Å². The van der Waals surface area contributed by atoms with E-state index in [0.717, 1.165) is 24.2 Å². The molecule has 2 rings (SSSR count). The van der Waals surface area contributed by atoms with Gasteiger partial charge in [0, 0.05) is 11.9 Å². The van der Waals surface area contributed by atoms with Crippen molar-refractivity contribution in [1.29, 1.82) is 0 Å². The SMILES string of the molecule is CC(NS(=O)(=O)CCCCl)c1cccc(OC2CCCC2)c1. The minimum absolute atomic E-state index is 0.0547. The summed E-state index contributed by atoms with van der Waals surface area (Å²) in [5, 5.41) is 0. The smallest absolute Gasteiger partial charge is 0.212 e. The third-order valence-electron chi connectivity index (χ3n) is 3.87. The lowest BCUT2D eigenvalue weighted by Crippen LogP contribution is -2.29. The Kier molecular flexibility index (Phi) is 6.53. The Hall–Kier alpha value is -0.780. The normalized spacial score (nSPS) is 17.5. The van der Waals surface area contributed by atoms with Crippen LogP contribution in [0, 0.1) is 0 Å². The van der Waals surface area contributed by atoms with Crippen molar-refractivity contribution in [1.82, 2.24) is 4.72 Å². The van der Waals surface area contributed by atoms with Crippen molar-refractivity contribution >= 4 is 21.6 Å². The summed E-state index contributed by atoms with van der Waals surface area (Å²) >= 11 is 5.55. The van der Waals surface area contributed by atoms with E-state index >= 15 is 0 Å². The van der Waals surface area contributed by atoms with Crippen LogP contribution in [0.2, 0.25) is 0 Å². The summed E-state index contributed by atoms with van der Waals surface area (Å²) in [5.74, 6) is 1.22. The van der Waals surface area contributed by atoms with Crippen LogP contribution in [0.3, 0.4) is 0 Å². The molecule has 1 aromatic carbocycles. The predicted molar refractivity (Wildman–Crippen MR) is 90.0 cm³/mol. The molecule has 1 aromatic rings. The van der Waals surface area contributed by atoms with E-state index < -0.39 is 10.0 Å². The zero-order chi connectivity index (χ0) is 16.0. The fourth-order valence-electron chi connectivity index (χ4n) is 2.70. The minimum atomic E-state index is -3.30. The number of hydrogen-bond donors (Lipinski definition) is 1. The van der Waals surface area contributed by atoms with Gasteiger partial charge in [-0.3, -0.25) is 0 Å². The van der Waals surface area contributed by atoms with E-state index in [1.807, 2.05) is 31.2 Å². The molecule has 1 aliphatic rings. The van der Waals surface area contributed by atoms with E-state index in [1.54, 1.807) is 0 Å². The highest BCUT2D eigenvalue weighted by Crippen LogP contribution is 2.26. The molecule has 6 heteroatoms. The van der Waals surface area contributed by atoms with Gasteiger partial charge in [-0.15, -0.1) is 11.6 Å². The van der Waals surface area contributed by atoms with Crippen molar-refractivity contribution in [2.45, 2.75) is 51.2 Å². The number of nitrogens with one attached hydrogen (secondary N) is 1. The highest BCUT2D eigenvalue weighted by molar-refractivity contribution is 7.89. The molecular formula is C16H24ClNO3S. The van der Waals surface area contributed by atoms with E-state index in [-0.39, 0.29) is 11.8 Å². The van der Waals surface area contributed by atoms with Crippen molar-refractivity contribution in [2.24, 2.45) is 0 Å².